The van der Waals surface area contributed by atoms with Gasteiger partial charge in [0.2, 0.25) is 0 Å². The lowest BCUT2D eigenvalue weighted by Crippen LogP contribution is -2.40. The predicted octanol–water partition coefficient (Wildman–Crippen LogP) is 1.49. The van der Waals surface area contributed by atoms with Gasteiger partial charge in [0.25, 0.3) is 0 Å². The highest BCUT2D eigenvalue weighted by Gasteiger charge is 2.34. The highest BCUT2D eigenvalue weighted by atomic mass is 35.5. The molecule has 0 atom stereocenters. The maximum atomic E-state index is 10.5. The van der Waals surface area contributed by atoms with Crippen molar-refractivity contribution in [2.24, 2.45) is 0 Å². The third-order valence-electron chi connectivity index (χ3n) is 2.94. The normalized spacial score (nSPS) is 20.1. The van der Waals surface area contributed by atoms with Crippen LogP contribution in [0.4, 0.5) is 5.69 Å². The second-order valence-corrected chi connectivity index (χ2v) is 4.39. The van der Waals surface area contributed by atoms with Crippen molar-refractivity contribution < 1.29 is 5.11 Å². The molecule has 0 saturated carbocycles. The molecule has 4 heteroatoms. The number of benzene rings is 1. The zero-order chi connectivity index (χ0) is 10.9. The summed E-state index contributed by atoms with van der Waals surface area (Å²) in [6.07, 6.45) is 1.31. The molecule has 0 aliphatic carbocycles. The number of hydrogen-bond acceptors (Lipinski definition) is 3. The van der Waals surface area contributed by atoms with Crippen molar-refractivity contribution in [3.8, 4) is 0 Å². The zero-order valence-electron chi connectivity index (χ0n) is 8.46. The van der Waals surface area contributed by atoms with Gasteiger partial charge in [-0.15, -0.1) is 0 Å². The van der Waals surface area contributed by atoms with E-state index in [1.54, 1.807) is 18.2 Å². The predicted molar refractivity (Wildman–Crippen MR) is 61.9 cm³/mol. The Morgan fingerprint density at radius 3 is 2.60 bits per heavy atom. The first kappa shape index (κ1) is 10.7. The molecule has 82 valence electrons. The van der Waals surface area contributed by atoms with Gasteiger partial charge in [-0.3, -0.25) is 0 Å². The van der Waals surface area contributed by atoms with E-state index in [1.807, 2.05) is 0 Å². The van der Waals surface area contributed by atoms with E-state index < -0.39 is 5.60 Å². The number of piperidine rings is 1. The fourth-order valence-corrected chi connectivity index (χ4v) is 2.48. The van der Waals surface area contributed by atoms with Crippen LogP contribution in [-0.2, 0) is 5.60 Å². The summed E-state index contributed by atoms with van der Waals surface area (Å²) in [5, 5.41) is 14.3. The van der Waals surface area contributed by atoms with Gasteiger partial charge in [0.15, 0.2) is 0 Å². The van der Waals surface area contributed by atoms with E-state index in [9.17, 15) is 5.11 Å². The lowest BCUT2D eigenvalue weighted by Gasteiger charge is -2.34. The molecule has 3 nitrogen and oxygen atoms in total. The summed E-state index contributed by atoms with van der Waals surface area (Å²) in [6, 6.07) is 5.35. The summed E-state index contributed by atoms with van der Waals surface area (Å²) in [6.45, 7) is 1.59. The van der Waals surface area contributed by atoms with Crippen molar-refractivity contribution in [3.05, 3.63) is 28.8 Å². The van der Waals surface area contributed by atoms with E-state index in [0.717, 1.165) is 13.1 Å². The summed E-state index contributed by atoms with van der Waals surface area (Å²) < 4.78 is 0. The summed E-state index contributed by atoms with van der Waals surface area (Å²) in [7, 11) is 0. The Morgan fingerprint density at radius 1 is 1.33 bits per heavy atom. The van der Waals surface area contributed by atoms with Gasteiger partial charge in [-0.25, -0.2) is 0 Å². The Kier molecular flexibility index (Phi) is 2.87. The second kappa shape index (κ2) is 4.00. The molecule has 1 aliphatic rings. The van der Waals surface area contributed by atoms with Gasteiger partial charge in [-0.2, -0.15) is 0 Å². The van der Waals surface area contributed by atoms with Crippen LogP contribution in [0.1, 0.15) is 18.4 Å². The molecule has 1 aliphatic heterocycles. The van der Waals surface area contributed by atoms with Gasteiger partial charge in [0, 0.05) is 16.3 Å². The molecule has 2 rings (SSSR count). The number of nitrogens with two attached hydrogens (primary N) is 1. The van der Waals surface area contributed by atoms with Crippen molar-refractivity contribution in [1.82, 2.24) is 5.32 Å². The van der Waals surface area contributed by atoms with E-state index in [1.165, 1.54) is 0 Å². The number of halogens is 1. The van der Waals surface area contributed by atoms with Gasteiger partial charge >= 0.3 is 0 Å². The third-order valence-corrected chi connectivity index (χ3v) is 3.26. The summed E-state index contributed by atoms with van der Waals surface area (Å²) in [4.78, 5) is 0. The molecule has 0 unspecified atom stereocenters. The molecule has 0 spiro atoms. The monoisotopic (exact) mass is 226 g/mol. The first-order valence-corrected chi connectivity index (χ1v) is 5.49. The molecule has 0 aromatic heterocycles. The Labute approximate surface area is 94.2 Å². The smallest absolute Gasteiger partial charge is 0.0955 e. The van der Waals surface area contributed by atoms with Crippen LogP contribution in [0.2, 0.25) is 5.02 Å². The molecule has 1 aromatic carbocycles. The van der Waals surface area contributed by atoms with Gasteiger partial charge in [-0.05, 0) is 38.1 Å². The topological polar surface area (TPSA) is 58.3 Å². The van der Waals surface area contributed by atoms with E-state index >= 15 is 0 Å². The standard InChI is InChI=1S/C11H15ClN2O/c12-8-2-1-3-9(13)10(8)11(15)4-6-14-7-5-11/h1-3,14-15H,4-7,13H2. The average Bonchev–Trinajstić information content (AvgIpc) is 2.18. The molecule has 1 fully saturated rings. The average molecular weight is 227 g/mol. The molecule has 15 heavy (non-hydrogen) atoms. The second-order valence-electron chi connectivity index (χ2n) is 3.99. The van der Waals surface area contributed by atoms with Crippen LogP contribution in [0.5, 0.6) is 0 Å². The maximum Gasteiger partial charge on any atom is 0.0955 e. The van der Waals surface area contributed by atoms with Crippen LogP contribution >= 0.6 is 11.6 Å². The van der Waals surface area contributed by atoms with Crippen molar-refractivity contribution in [1.29, 1.82) is 0 Å². The molecule has 4 N–H and O–H groups in total. The third kappa shape index (κ3) is 1.95. The van der Waals surface area contributed by atoms with E-state index in [2.05, 4.69) is 5.32 Å². The van der Waals surface area contributed by atoms with Gasteiger partial charge in [0.05, 0.1) is 5.60 Å². The van der Waals surface area contributed by atoms with E-state index in [0.29, 0.717) is 29.1 Å². The summed E-state index contributed by atoms with van der Waals surface area (Å²) >= 11 is 6.09. The maximum absolute atomic E-state index is 10.5. The van der Waals surface area contributed by atoms with Crippen molar-refractivity contribution in [2.45, 2.75) is 18.4 Å². The largest absolute Gasteiger partial charge is 0.398 e. The van der Waals surface area contributed by atoms with Crippen LogP contribution < -0.4 is 11.1 Å². The number of nitrogens with one attached hydrogen (secondary N) is 1. The van der Waals surface area contributed by atoms with E-state index in [4.69, 9.17) is 17.3 Å². The van der Waals surface area contributed by atoms with Crippen molar-refractivity contribution >= 4 is 17.3 Å². The summed E-state index contributed by atoms with van der Waals surface area (Å²) in [5.74, 6) is 0. The zero-order valence-corrected chi connectivity index (χ0v) is 9.22. The number of nitrogen functional groups attached to an aromatic ring is 1. The Balaban J connectivity index is 2.42. The highest BCUT2D eigenvalue weighted by Crippen LogP contribution is 2.38. The van der Waals surface area contributed by atoms with Crippen LogP contribution in [0, 0.1) is 0 Å². The number of anilines is 1. The van der Waals surface area contributed by atoms with Crippen LogP contribution in [0.3, 0.4) is 0 Å². The fourth-order valence-electron chi connectivity index (χ4n) is 2.12. The molecular formula is C11H15ClN2O. The first-order valence-electron chi connectivity index (χ1n) is 5.11. The first-order chi connectivity index (χ1) is 7.13. The van der Waals surface area contributed by atoms with Crippen molar-refractivity contribution in [3.63, 3.8) is 0 Å². The minimum atomic E-state index is -0.867. The lowest BCUT2D eigenvalue weighted by atomic mass is 9.84. The molecule has 1 heterocycles. The lowest BCUT2D eigenvalue weighted by molar-refractivity contribution is 0.00676. The molecule has 1 saturated heterocycles. The number of aliphatic hydroxyl groups is 1. The Hall–Kier alpha value is -0.770. The van der Waals surface area contributed by atoms with Crippen LogP contribution in [-0.4, -0.2) is 18.2 Å². The minimum Gasteiger partial charge on any atom is -0.398 e. The van der Waals surface area contributed by atoms with Gasteiger partial charge in [-0.1, -0.05) is 17.7 Å². The SMILES string of the molecule is Nc1cccc(Cl)c1C1(O)CCNCC1. The van der Waals surface area contributed by atoms with E-state index in [-0.39, 0.29) is 0 Å². The number of hydrogen-bond donors (Lipinski definition) is 3. The summed E-state index contributed by atoms with van der Waals surface area (Å²) in [5.41, 5.74) is 6.27. The number of rotatable bonds is 1. The Bertz CT molecular complexity index is 341. The molecule has 0 radical (unpaired) electrons. The molecule has 0 bridgehead atoms. The molecule has 0 amide bonds. The quantitative estimate of drug-likeness (QED) is 0.636. The Morgan fingerprint density at radius 2 is 2.00 bits per heavy atom. The van der Waals surface area contributed by atoms with Gasteiger partial charge < -0.3 is 16.2 Å². The molecule has 1 aromatic rings. The minimum absolute atomic E-state index is 0.555. The fraction of sp³-hybridized carbons (Fsp3) is 0.455. The highest BCUT2D eigenvalue weighted by molar-refractivity contribution is 6.31. The van der Waals surface area contributed by atoms with Crippen LogP contribution in [0.15, 0.2) is 18.2 Å². The van der Waals surface area contributed by atoms with Crippen LogP contribution in [0.25, 0.3) is 0 Å². The van der Waals surface area contributed by atoms with Gasteiger partial charge in [0.1, 0.15) is 0 Å². The van der Waals surface area contributed by atoms with Crippen molar-refractivity contribution in [2.75, 3.05) is 18.8 Å². The molecular weight excluding hydrogens is 212 g/mol.